The van der Waals surface area contributed by atoms with Crippen LogP contribution in [-0.2, 0) is 0 Å². The Morgan fingerprint density at radius 1 is 1.19 bits per heavy atom. The Morgan fingerprint density at radius 2 is 1.94 bits per heavy atom. The first kappa shape index (κ1) is 10.6. The molecule has 0 fully saturated rings. The summed E-state index contributed by atoms with van der Waals surface area (Å²) in [5.41, 5.74) is 11.5. The number of hydrogen-bond donors (Lipinski definition) is 3. The first-order chi connectivity index (χ1) is 7.66. The van der Waals surface area contributed by atoms with Gasteiger partial charge in [0, 0.05) is 10.6 Å². The first-order valence-electron chi connectivity index (χ1n) is 4.54. The minimum atomic E-state index is -0.263. The fraction of sp³-hybridized carbons (Fsp3) is 0. The summed E-state index contributed by atoms with van der Waals surface area (Å²) in [7, 11) is 0. The third-order valence-corrected chi connectivity index (χ3v) is 3.03. The molecule has 1 heterocycles. The van der Waals surface area contributed by atoms with Gasteiger partial charge in [0.1, 0.15) is 0 Å². The normalized spacial score (nSPS) is 10.2. The fourth-order valence-electron chi connectivity index (χ4n) is 1.16. The predicted octanol–water partition coefficient (Wildman–Crippen LogP) is 1.09. The topological polar surface area (TPSA) is 97.8 Å². The van der Waals surface area contributed by atoms with Crippen molar-refractivity contribution in [1.29, 1.82) is 0 Å². The number of aromatic nitrogens is 2. The average Bonchev–Trinajstić information content (AvgIpc) is 2.25. The highest BCUT2D eigenvalue weighted by molar-refractivity contribution is 7.99. The molecule has 2 rings (SSSR count). The molecule has 0 spiro atoms. The second-order valence-electron chi connectivity index (χ2n) is 3.10. The van der Waals surface area contributed by atoms with Gasteiger partial charge in [-0.2, -0.15) is 0 Å². The number of H-pyrrole nitrogens is 1. The third-order valence-electron chi connectivity index (χ3n) is 1.93. The van der Waals surface area contributed by atoms with Crippen molar-refractivity contribution in [1.82, 2.24) is 9.97 Å². The molecule has 0 aliphatic carbocycles. The molecule has 0 radical (unpaired) electrons. The molecule has 6 heteroatoms. The Balaban J connectivity index is 2.35. The lowest BCUT2D eigenvalue weighted by Gasteiger charge is -2.03. The van der Waals surface area contributed by atoms with Crippen LogP contribution < -0.4 is 17.0 Å². The number of nitrogens with one attached hydrogen (secondary N) is 1. The highest BCUT2D eigenvalue weighted by atomic mass is 32.2. The van der Waals surface area contributed by atoms with Crippen molar-refractivity contribution in [2.45, 2.75) is 9.79 Å². The van der Waals surface area contributed by atoms with E-state index in [4.69, 9.17) is 11.5 Å². The van der Waals surface area contributed by atoms with Crippen molar-refractivity contribution in [2.24, 2.45) is 0 Å². The van der Waals surface area contributed by atoms with E-state index in [-0.39, 0.29) is 11.5 Å². The summed E-state index contributed by atoms with van der Waals surface area (Å²) in [5.74, 6) is 0.107. The number of aromatic amines is 1. The summed E-state index contributed by atoms with van der Waals surface area (Å²) >= 11 is 1.26. The Bertz CT molecular complexity index is 567. The lowest BCUT2D eigenvalue weighted by atomic mass is 10.3. The van der Waals surface area contributed by atoms with Crippen LogP contribution in [0.5, 0.6) is 0 Å². The Kier molecular flexibility index (Phi) is 2.82. The molecule has 16 heavy (non-hydrogen) atoms. The quantitative estimate of drug-likeness (QED) is 0.675. The number of para-hydroxylation sites is 1. The highest BCUT2D eigenvalue weighted by Crippen LogP contribution is 2.29. The van der Waals surface area contributed by atoms with Crippen molar-refractivity contribution in [2.75, 3.05) is 11.5 Å². The van der Waals surface area contributed by atoms with E-state index in [1.165, 1.54) is 18.0 Å². The molecule has 82 valence electrons. The van der Waals surface area contributed by atoms with E-state index in [2.05, 4.69) is 9.97 Å². The standard InChI is InChI=1S/C10H10N4OS/c11-6-3-1-2-4-7(6)16-8-5-13-10(12)14-9(8)15/h1-5H,11H2,(H3,12,13,14,15). The van der Waals surface area contributed by atoms with Crippen LogP contribution in [0.2, 0.25) is 0 Å². The van der Waals surface area contributed by atoms with Gasteiger partial charge in [0.25, 0.3) is 5.56 Å². The van der Waals surface area contributed by atoms with Crippen LogP contribution in [0.15, 0.2) is 45.0 Å². The fourth-order valence-corrected chi connectivity index (χ4v) is 1.98. The number of benzene rings is 1. The van der Waals surface area contributed by atoms with Crippen molar-refractivity contribution >= 4 is 23.4 Å². The van der Waals surface area contributed by atoms with Gasteiger partial charge < -0.3 is 11.5 Å². The van der Waals surface area contributed by atoms with Crippen molar-refractivity contribution in [3.8, 4) is 0 Å². The SMILES string of the molecule is Nc1ncc(Sc2ccccc2N)c(=O)[nH]1. The third kappa shape index (κ3) is 2.17. The summed E-state index contributed by atoms with van der Waals surface area (Å²) in [6.45, 7) is 0. The summed E-state index contributed by atoms with van der Waals surface area (Å²) in [5, 5.41) is 0. The van der Waals surface area contributed by atoms with Gasteiger partial charge in [0.2, 0.25) is 0 Å². The van der Waals surface area contributed by atoms with E-state index in [9.17, 15) is 4.79 Å². The molecular formula is C10H10N4OS. The van der Waals surface area contributed by atoms with Crippen molar-refractivity contribution < 1.29 is 0 Å². The van der Waals surface area contributed by atoms with Gasteiger partial charge in [-0.3, -0.25) is 9.78 Å². The van der Waals surface area contributed by atoms with E-state index >= 15 is 0 Å². The van der Waals surface area contributed by atoms with Crippen LogP contribution in [0, 0.1) is 0 Å². The van der Waals surface area contributed by atoms with Gasteiger partial charge in [-0.05, 0) is 12.1 Å². The summed E-state index contributed by atoms with van der Waals surface area (Å²) in [4.78, 5) is 19.1. The Hall–Kier alpha value is -1.95. The number of nitrogen functional groups attached to an aromatic ring is 2. The lowest BCUT2D eigenvalue weighted by molar-refractivity contribution is 1.06. The van der Waals surface area contributed by atoms with E-state index in [1.807, 2.05) is 18.2 Å². The molecular weight excluding hydrogens is 224 g/mol. The van der Waals surface area contributed by atoms with Crippen LogP contribution in [0.3, 0.4) is 0 Å². The molecule has 0 amide bonds. The van der Waals surface area contributed by atoms with Crippen LogP contribution in [-0.4, -0.2) is 9.97 Å². The molecule has 0 bridgehead atoms. The van der Waals surface area contributed by atoms with E-state index < -0.39 is 0 Å². The van der Waals surface area contributed by atoms with Crippen LogP contribution in [0.25, 0.3) is 0 Å². The minimum Gasteiger partial charge on any atom is -0.398 e. The van der Waals surface area contributed by atoms with E-state index in [1.54, 1.807) is 6.07 Å². The molecule has 1 aromatic heterocycles. The molecule has 0 aliphatic heterocycles. The van der Waals surface area contributed by atoms with E-state index in [0.29, 0.717) is 10.6 Å². The zero-order valence-corrected chi connectivity index (χ0v) is 9.12. The summed E-state index contributed by atoms with van der Waals surface area (Å²) in [6.07, 6.45) is 1.44. The molecule has 0 aliphatic rings. The summed E-state index contributed by atoms with van der Waals surface area (Å²) < 4.78 is 0. The van der Waals surface area contributed by atoms with E-state index in [0.717, 1.165) is 4.90 Å². The largest absolute Gasteiger partial charge is 0.398 e. The zero-order valence-electron chi connectivity index (χ0n) is 8.31. The van der Waals surface area contributed by atoms with Crippen molar-refractivity contribution in [3.05, 3.63) is 40.8 Å². The Labute approximate surface area is 95.9 Å². The van der Waals surface area contributed by atoms with Crippen LogP contribution in [0.4, 0.5) is 11.6 Å². The molecule has 1 aromatic carbocycles. The monoisotopic (exact) mass is 234 g/mol. The molecule has 5 N–H and O–H groups in total. The van der Waals surface area contributed by atoms with Gasteiger partial charge in [0.05, 0.1) is 11.1 Å². The molecule has 0 saturated heterocycles. The molecule has 5 nitrogen and oxygen atoms in total. The maximum atomic E-state index is 11.5. The number of nitrogens with zero attached hydrogens (tertiary/aromatic N) is 1. The van der Waals surface area contributed by atoms with Gasteiger partial charge in [-0.15, -0.1) is 0 Å². The molecule has 0 unspecified atom stereocenters. The number of rotatable bonds is 2. The maximum absolute atomic E-state index is 11.5. The van der Waals surface area contributed by atoms with Gasteiger partial charge >= 0.3 is 0 Å². The Morgan fingerprint density at radius 3 is 2.62 bits per heavy atom. The first-order valence-corrected chi connectivity index (χ1v) is 5.35. The number of nitrogens with two attached hydrogens (primary N) is 2. The molecule has 0 atom stereocenters. The highest BCUT2D eigenvalue weighted by Gasteiger charge is 2.05. The zero-order chi connectivity index (χ0) is 11.5. The number of anilines is 2. The van der Waals surface area contributed by atoms with Crippen molar-refractivity contribution in [3.63, 3.8) is 0 Å². The smallest absolute Gasteiger partial charge is 0.266 e. The maximum Gasteiger partial charge on any atom is 0.266 e. The second kappa shape index (κ2) is 4.28. The lowest BCUT2D eigenvalue weighted by Crippen LogP contribution is -2.12. The van der Waals surface area contributed by atoms with Gasteiger partial charge in [-0.25, -0.2) is 4.98 Å². The molecule has 2 aromatic rings. The van der Waals surface area contributed by atoms with Crippen LogP contribution in [0.1, 0.15) is 0 Å². The number of hydrogen-bond acceptors (Lipinski definition) is 5. The summed E-state index contributed by atoms with van der Waals surface area (Å²) in [6, 6.07) is 7.32. The van der Waals surface area contributed by atoms with Gasteiger partial charge in [0.15, 0.2) is 5.95 Å². The van der Waals surface area contributed by atoms with Crippen LogP contribution >= 0.6 is 11.8 Å². The van der Waals surface area contributed by atoms with Gasteiger partial charge in [-0.1, -0.05) is 23.9 Å². The minimum absolute atomic E-state index is 0.107. The average molecular weight is 234 g/mol. The predicted molar refractivity (Wildman–Crippen MR) is 64.2 cm³/mol. The second-order valence-corrected chi connectivity index (χ2v) is 4.19. The molecule has 0 saturated carbocycles.